The second-order valence-electron chi connectivity index (χ2n) is 6.62. The molecule has 0 aliphatic carbocycles. The van der Waals surface area contributed by atoms with Gasteiger partial charge in [-0.15, -0.1) is 0 Å². The number of rotatable bonds is 6. The van der Waals surface area contributed by atoms with Crippen molar-refractivity contribution in [3.8, 4) is 0 Å². The fourth-order valence-electron chi connectivity index (χ4n) is 2.92. The summed E-state index contributed by atoms with van der Waals surface area (Å²) in [5.41, 5.74) is 5.35. The van der Waals surface area contributed by atoms with E-state index in [0.29, 0.717) is 16.7 Å². The van der Waals surface area contributed by atoms with E-state index in [1.54, 1.807) is 6.07 Å². The van der Waals surface area contributed by atoms with Gasteiger partial charge < -0.3 is 16.0 Å². The van der Waals surface area contributed by atoms with Crippen molar-refractivity contribution < 1.29 is 18.0 Å². The van der Waals surface area contributed by atoms with Crippen LogP contribution in [0, 0.1) is 21.0 Å². The van der Waals surface area contributed by atoms with Gasteiger partial charge in [-0.2, -0.15) is 0 Å². The van der Waals surface area contributed by atoms with Crippen molar-refractivity contribution in [1.29, 1.82) is 0 Å². The molecule has 3 rings (SSSR count). The molecule has 0 spiro atoms. The number of carbonyl (C=O) groups is 1. The molecule has 2 aromatic carbocycles. The van der Waals surface area contributed by atoms with Gasteiger partial charge in [-0.05, 0) is 59.3 Å². The van der Waals surface area contributed by atoms with Crippen molar-refractivity contribution in [2.45, 2.75) is 25.6 Å². The number of halogens is 4. The summed E-state index contributed by atoms with van der Waals surface area (Å²) in [6.45, 7) is 2.76. The fraction of sp³-hybridized carbons (Fsp3) is 0.316. The van der Waals surface area contributed by atoms with Crippen molar-refractivity contribution >= 4 is 39.9 Å². The third-order valence-electron chi connectivity index (χ3n) is 4.57. The molecule has 0 radical (unpaired) electrons. The summed E-state index contributed by atoms with van der Waals surface area (Å²) in [4.78, 5) is 14.3. The number of likely N-dealkylation sites (tertiary alicyclic amines) is 1. The number of nitrogens with one attached hydrogen (secondary N) is 2. The van der Waals surface area contributed by atoms with Crippen LogP contribution in [0.15, 0.2) is 30.3 Å². The molecule has 1 fully saturated rings. The monoisotopic (exact) mass is 504 g/mol. The van der Waals surface area contributed by atoms with E-state index in [-0.39, 0.29) is 29.1 Å². The summed E-state index contributed by atoms with van der Waals surface area (Å²) in [5.74, 6) is -3.44. The topological polar surface area (TPSA) is 70.4 Å². The van der Waals surface area contributed by atoms with E-state index in [9.17, 15) is 18.0 Å². The molecule has 1 aliphatic heterocycles. The second kappa shape index (κ2) is 8.66. The summed E-state index contributed by atoms with van der Waals surface area (Å²) < 4.78 is 43.0. The molecule has 0 saturated carbocycles. The Morgan fingerprint density at radius 1 is 1.25 bits per heavy atom. The van der Waals surface area contributed by atoms with Gasteiger partial charge >= 0.3 is 0 Å². The van der Waals surface area contributed by atoms with Gasteiger partial charge in [0.05, 0.1) is 23.1 Å². The van der Waals surface area contributed by atoms with Crippen LogP contribution < -0.4 is 16.4 Å². The highest BCUT2D eigenvalue weighted by molar-refractivity contribution is 14.1. The van der Waals surface area contributed by atoms with E-state index in [1.165, 1.54) is 23.1 Å². The fourth-order valence-corrected chi connectivity index (χ4v) is 3.37. The summed E-state index contributed by atoms with van der Waals surface area (Å²) >= 11 is 1.94. The average Bonchev–Trinajstić information content (AvgIpc) is 2.63. The van der Waals surface area contributed by atoms with E-state index in [0.717, 1.165) is 12.5 Å². The van der Waals surface area contributed by atoms with Gasteiger partial charge in [-0.25, -0.2) is 13.2 Å². The number of anilines is 2. The normalized spacial score (nSPS) is 15.3. The maximum absolute atomic E-state index is 14.4. The van der Waals surface area contributed by atoms with Crippen LogP contribution in [0.1, 0.15) is 23.7 Å². The molecule has 1 heterocycles. The average molecular weight is 504 g/mol. The van der Waals surface area contributed by atoms with Crippen LogP contribution in [-0.2, 0) is 0 Å². The molecule has 1 aliphatic rings. The van der Waals surface area contributed by atoms with E-state index in [4.69, 9.17) is 5.73 Å². The zero-order valence-electron chi connectivity index (χ0n) is 15.1. The quantitative estimate of drug-likeness (QED) is 0.416. The summed E-state index contributed by atoms with van der Waals surface area (Å²) in [5, 5.41) is 5.71. The van der Waals surface area contributed by atoms with Crippen LogP contribution in [0.5, 0.6) is 0 Å². The molecule has 4 N–H and O–H groups in total. The second-order valence-corrected chi connectivity index (χ2v) is 7.87. The maximum atomic E-state index is 14.4. The minimum Gasteiger partial charge on any atom is -0.350 e. The Morgan fingerprint density at radius 3 is 2.61 bits per heavy atom. The molecule has 0 aromatic heterocycles. The van der Waals surface area contributed by atoms with Crippen molar-refractivity contribution in [2.75, 3.05) is 18.4 Å². The summed E-state index contributed by atoms with van der Waals surface area (Å²) in [7, 11) is 0. The van der Waals surface area contributed by atoms with E-state index in [1.807, 2.05) is 29.5 Å². The lowest BCUT2D eigenvalue weighted by atomic mass is 10.0. The van der Waals surface area contributed by atoms with E-state index < -0.39 is 23.4 Å². The predicted octanol–water partition coefficient (Wildman–Crippen LogP) is 3.56. The SMILES string of the molecule is CCC(N)NC1CN(C(=O)c2ccc(F)c(F)c2Nc2ccc(I)cc2F)C1. The van der Waals surface area contributed by atoms with Crippen molar-refractivity contribution in [3.05, 3.63) is 56.9 Å². The standard InChI is InChI=1S/C19H20F3IN4O/c1-2-16(24)25-11-8-27(9-11)19(28)12-4-5-13(20)17(22)18(12)26-15-6-3-10(23)7-14(15)21/h3-7,11,16,25-26H,2,8-9,24H2,1H3. The van der Waals surface area contributed by atoms with Gasteiger partial charge in [0.2, 0.25) is 0 Å². The Balaban J connectivity index is 1.82. The first-order valence-electron chi connectivity index (χ1n) is 8.81. The van der Waals surface area contributed by atoms with Crippen LogP contribution in [0.25, 0.3) is 0 Å². The number of carbonyl (C=O) groups excluding carboxylic acids is 1. The largest absolute Gasteiger partial charge is 0.350 e. The lowest BCUT2D eigenvalue weighted by Crippen LogP contribution is -2.63. The summed E-state index contributed by atoms with van der Waals surface area (Å²) in [6.07, 6.45) is 0.593. The van der Waals surface area contributed by atoms with Gasteiger partial charge in [-0.3, -0.25) is 10.1 Å². The highest BCUT2D eigenvalue weighted by atomic mass is 127. The number of hydrogen-bond acceptors (Lipinski definition) is 4. The molecule has 1 unspecified atom stereocenters. The predicted molar refractivity (Wildman–Crippen MR) is 110 cm³/mol. The molecule has 1 atom stereocenters. The first-order valence-corrected chi connectivity index (χ1v) is 9.89. The molecule has 1 saturated heterocycles. The third-order valence-corrected chi connectivity index (χ3v) is 5.25. The van der Waals surface area contributed by atoms with Crippen LogP contribution >= 0.6 is 22.6 Å². The molecule has 150 valence electrons. The molecule has 0 bridgehead atoms. The molecule has 28 heavy (non-hydrogen) atoms. The van der Waals surface area contributed by atoms with E-state index in [2.05, 4.69) is 10.6 Å². The molecule has 2 aromatic rings. The lowest BCUT2D eigenvalue weighted by Gasteiger charge is -2.41. The Labute approximate surface area is 174 Å². The smallest absolute Gasteiger partial charge is 0.256 e. The molecular formula is C19H20F3IN4O. The highest BCUT2D eigenvalue weighted by Crippen LogP contribution is 2.30. The summed E-state index contributed by atoms with van der Waals surface area (Å²) in [6, 6.07) is 6.42. The van der Waals surface area contributed by atoms with Crippen LogP contribution in [0.4, 0.5) is 24.5 Å². The number of nitrogens with two attached hydrogens (primary N) is 1. The van der Waals surface area contributed by atoms with Crippen molar-refractivity contribution in [2.24, 2.45) is 5.73 Å². The number of hydrogen-bond donors (Lipinski definition) is 3. The lowest BCUT2D eigenvalue weighted by molar-refractivity contribution is 0.0552. The van der Waals surface area contributed by atoms with Crippen molar-refractivity contribution in [1.82, 2.24) is 10.2 Å². The van der Waals surface area contributed by atoms with Gasteiger partial charge in [-0.1, -0.05) is 6.92 Å². The first kappa shape index (κ1) is 20.9. The Morgan fingerprint density at radius 2 is 1.96 bits per heavy atom. The zero-order valence-corrected chi connectivity index (χ0v) is 17.3. The maximum Gasteiger partial charge on any atom is 0.256 e. The molecule has 1 amide bonds. The van der Waals surface area contributed by atoms with Crippen LogP contribution in [0.3, 0.4) is 0 Å². The van der Waals surface area contributed by atoms with Gasteiger partial charge in [0, 0.05) is 22.7 Å². The first-order chi connectivity index (χ1) is 13.3. The van der Waals surface area contributed by atoms with Crippen LogP contribution in [0.2, 0.25) is 0 Å². The third kappa shape index (κ3) is 4.41. The van der Waals surface area contributed by atoms with Crippen molar-refractivity contribution in [3.63, 3.8) is 0 Å². The van der Waals surface area contributed by atoms with E-state index >= 15 is 0 Å². The Kier molecular flexibility index (Phi) is 6.46. The van der Waals surface area contributed by atoms with Crippen LogP contribution in [-0.4, -0.2) is 36.1 Å². The minimum atomic E-state index is -1.23. The molecular weight excluding hydrogens is 484 g/mol. The number of nitrogens with zero attached hydrogens (tertiary/aromatic N) is 1. The Hall–Kier alpha value is -1.85. The molecule has 9 heteroatoms. The number of amides is 1. The van der Waals surface area contributed by atoms with Gasteiger partial charge in [0.1, 0.15) is 5.82 Å². The Bertz CT molecular complexity index is 890. The molecule has 5 nitrogen and oxygen atoms in total. The highest BCUT2D eigenvalue weighted by Gasteiger charge is 2.33. The van der Waals surface area contributed by atoms with Gasteiger partial charge in [0.25, 0.3) is 5.91 Å². The van der Waals surface area contributed by atoms with Gasteiger partial charge in [0.15, 0.2) is 11.6 Å². The number of benzene rings is 2. The zero-order chi connectivity index (χ0) is 20.4. The minimum absolute atomic E-state index is 0.0453.